The lowest BCUT2D eigenvalue weighted by molar-refractivity contribution is -0.181. The van der Waals surface area contributed by atoms with Gasteiger partial charge in [0.2, 0.25) is 11.5 Å². The van der Waals surface area contributed by atoms with Crippen LogP contribution in [0.2, 0.25) is 0 Å². The van der Waals surface area contributed by atoms with Gasteiger partial charge in [0, 0.05) is 33.0 Å². The van der Waals surface area contributed by atoms with Crippen LogP contribution in [-0.4, -0.2) is 77.2 Å². The van der Waals surface area contributed by atoms with Gasteiger partial charge in [-0.05, 0) is 79.9 Å². The Bertz CT molecular complexity index is 1000. The van der Waals surface area contributed by atoms with Crippen LogP contribution in [0.5, 0.6) is 0 Å². The lowest BCUT2D eigenvalue weighted by Gasteiger charge is -2.51. The van der Waals surface area contributed by atoms with E-state index < -0.39 is 17.5 Å². The molecule has 1 saturated carbocycles. The number of aliphatic hydroxyl groups is 1. The lowest BCUT2D eigenvalue weighted by Crippen LogP contribution is -2.52. The molecule has 0 aromatic carbocycles. The summed E-state index contributed by atoms with van der Waals surface area (Å²) in [6.45, 7) is 3.15. The Labute approximate surface area is 225 Å². The largest absolute Gasteiger partial charge is 0.481 e. The van der Waals surface area contributed by atoms with E-state index in [1.807, 2.05) is 22.9 Å². The fourth-order valence-corrected chi connectivity index (χ4v) is 7.09. The molecule has 2 aliphatic rings. The number of carboxylic acid groups (broad SMARTS) is 1. The third kappa shape index (κ3) is 6.60. The molecule has 8 nitrogen and oxygen atoms in total. The number of unbranched alkanes of at least 4 members (excludes halogenated alkanes) is 1. The van der Waals surface area contributed by atoms with E-state index >= 15 is 0 Å². The normalized spacial score (nSPS) is 17.9. The first kappa shape index (κ1) is 27.8. The van der Waals surface area contributed by atoms with Gasteiger partial charge in [0.05, 0.1) is 9.75 Å². The topological polar surface area (TPSA) is 107 Å². The zero-order valence-corrected chi connectivity index (χ0v) is 22.9. The Morgan fingerprint density at radius 2 is 1.70 bits per heavy atom. The number of likely N-dealkylation sites (tertiary alicyclic amines) is 1. The van der Waals surface area contributed by atoms with E-state index in [-0.39, 0.29) is 23.8 Å². The van der Waals surface area contributed by atoms with Crippen molar-refractivity contribution in [3.8, 4) is 0 Å². The van der Waals surface area contributed by atoms with Crippen LogP contribution in [0.15, 0.2) is 35.0 Å². The number of hydrogen-bond acceptors (Lipinski definition) is 8. The third-order valence-electron chi connectivity index (χ3n) is 7.76. The van der Waals surface area contributed by atoms with Crippen LogP contribution in [0.1, 0.15) is 61.1 Å². The molecular weight excluding hydrogens is 512 g/mol. The summed E-state index contributed by atoms with van der Waals surface area (Å²) in [6.07, 6.45) is 5.37. The molecule has 3 heterocycles. The van der Waals surface area contributed by atoms with Crippen molar-refractivity contribution in [3.05, 3.63) is 44.8 Å². The molecule has 37 heavy (non-hydrogen) atoms. The van der Waals surface area contributed by atoms with Crippen molar-refractivity contribution < 1.29 is 29.3 Å². The molecule has 1 saturated heterocycles. The Morgan fingerprint density at radius 3 is 2.24 bits per heavy atom. The van der Waals surface area contributed by atoms with E-state index in [1.165, 1.54) is 22.7 Å². The van der Waals surface area contributed by atoms with Crippen molar-refractivity contribution in [3.63, 3.8) is 0 Å². The van der Waals surface area contributed by atoms with Gasteiger partial charge in [-0.2, -0.15) is 0 Å². The van der Waals surface area contributed by atoms with Crippen LogP contribution in [0.4, 0.5) is 0 Å². The lowest BCUT2D eigenvalue weighted by atomic mass is 9.61. The van der Waals surface area contributed by atoms with Gasteiger partial charge in [-0.3, -0.25) is 9.59 Å². The molecule has 2 fully saturated rings. The third-order valence-corrected chi connectivity index (χ3v) is 9.72. The van der Waals surface area contributed by atoms with E-state index in [1.54, 1.807) is 24.1 Å². The molecule has 1 aliphatic carbocycles. The highest BCUT2D eigenvalue weighted by molar-refractivity contribution is 7.12. The zero-order valence-electron chi connectivity index (χ0n) is 21.3. The van der Waals surface area contributed by atoms with Crippen molar-refractivity contribution >= 4 is 40.5 Å². The van der Waals surface area contributed by atoms with Crippen LogP contribution >= 0.6 is 22.7 Å². The summed E-state index contributed by atoms with van der Waals surface area (Å²) in [7, 11) is 1.78. The van der Waals surface area contributed by atoms with Gasteiger partial charge < -0.3 is 24.7 Å². The number of piperidine rings is 1. The van der Waals surface area contributed by atoms with Gasteiger partial charge in [0.15, 0.2) is 0 Å². The maximum absolute atomic E-state index is 13.2. The summed E-state index contributed by atoms with van der Waals surface area (Å²) in [5.74, 6) is -1.30. The molecule has 2 N–H and O–H groups in total. The van der Waals surface area contributed by atoms with Crippen LogP contribution in [0.25, 0.3) is 0 Å². The summed E-state index contributed by atoms with van der Waals surface area (Å²) in [5.41, 5.74) is -1.58. The van der Waals surface area contributed by atoms with E-state index in [4.69, 9.17) is 9.84 Å². The van der Waals surface area contributed by atoms with Gasteiger partial charge in [0.25, 0.3) is 0 Å². The number of thiophene rings is 2. The highest BCUT2D eigenvalue weighted by Gasteiger charge is 2.51. The number of aliphatic carboxylic acids is 1. The molecule has 0 unspecified atom stereocenters. The van der Waals surface area contributed by atoms with E-state index in [0.29, 0.717) is 35.6 Å². The van der Waals surface area contributed by atoms with Crippen LogP contribution in [-0.2, 0) is 24.7 Å². The first-order valence-corrected chi connectivity index (χ1v) is 14.7. The van der Waals surface area contributed by atoms with E-state index in [9.17, 15) is 19.5 Å². The second-order valence-corrected chi connectivity index (χ2v) is 12.3. The molecule has 2 aromatic heterocycles. The van der Waals surface area contributed by atoms with Crippen LogP contribution < -0.4 is 0 Å². The number of amides is 1. The number of nitrogens with zero attached hydrogens (tertiary/aromatic N) is 2. The minimum Gasteiger partial charge on any atom is -0.481 e. The standard InChI is InChI=1S/C27H36N2O6S2/c1-28(12-3-2-8-24(31)32)23(30)9-13-29-14-10-26(11-15-29)18-20(19-26)35-25(33)27(34,21-6-4-16-36-21)22-7-5-17-37-22/h4-7,16-17,20,34H,2-3,8-15,18-19H2,1H3,(H,31,32). The Kier molecular flexibility index (Phi) is 9.05. The fourth-order valence-electron chi connectivity index (χ4n) is 5.37. The van der Waals surface area contributed by atoms with Crippen molar-refractivity contribution in [2.24, 2.45) is 5.41 Å². The molecule has 0 bridgehead atoms. The van der Waals surface area contributed by atoms with Gasteiger partial charge in [-0.1, -0.05) is 12.1 Å². The Hall–Kier alpha value is -2.27. The second-order valence-electron chi connectivity index (χ2n) is 10.4. The van der Waals surface area contributed by atoms with Crippen molar-refractivity contribution in [1.29, 1.82) is 0 Å². The number of esters is 1. The molecule has 4 rings (SSSR count). The van der Waals surface area contributed by atoms with Gasteiger partial charge in [-0.25, -0.2) is 4.79 Å². The zero-order chi connectivity index (χ0) is 26.5. The quantitative estimate of drug-likeness (QED) is 0.306. The molecule has 0 atom stereocenters. The second kappa shape index (κ2) is 12.1. The molecule has 2 aromatic rings. The molecule has 1 aliphatic heterocycles. The number of hydrogen-bond donors (Lipinski definition) is 2. The van der Waals surface area contributed by atoms with Crippen LogP contribution in [0, 0.1) is 5.41 Å². The van der Waals surface area contributed by atoms with E-state index in [2.05, 4.69) is 4.90 Å². The van der Waals surface area contributed by atoms with E-state index in [0.717, 1.165) is 45.3 Å². The SMILES string of the molecule is CN(CCCCC(=O)O)C(=O)CCN1CCC2(CC1)CC(OC(=O)C(O)(c1cccs1)c1cccs1)C2. The van der Waals surface area contributed by atoms with Crippen molar-refractivity contribution in [1.82, 2.24) is 9.80 Å². The summed E-state index contributed by atoms with van der Waals surface area (Å²) in [4.78, 5) is 41.4. The van der Waals surface area contributed by atoms with Crippen molar-refractivity contribution in [2.75, 3.05) is 33.2 Å². The predicted octanol–water partition coefficient (Wildman–Crippen LogP) is 3.94. The van der Waals surface area contributed by atoms with Crippen LogP contribution in [0.3, 0.4) is 0 Å². The molecule has 10 heteroatoms. The summed E-state index contributed by atoms with van der Waals surface area (Å²) < 4.78 is 5.84. The first-order chi connectivity index (χ1) is 17.7. The number of carboxylic acids is 1. The number of carbonyl (C=O) groups excluding carboxylic acids is 2. The maximum atomic E-state index is 13.2. The highest BCUT2D eigenvalue weighted by Crippen LogP contribution is 2.51. The van der Waals surface area contributed by atoms with Crippen molar-refractivity contribution in [2.45, 2.75) is 63.1 Å². The number of carbonyl (C=O) groups is 3. The first-order valence-electron chi connectivity index (χ1n) is 12.9. The molecule has 202 valence electrons. The van der Waals surface area contributed by atoms with Gasteiger partial charge in [-0.15, -0.1) is 22.7 Å². The Balaban J connectivity index is 1.18. The maximum Gasteiger partial charge on any atom is 0.349 e. The summed E-state index contributed by atoms with van der Waals surface area (Å²) in [6, 6.07) is 7.19. The molecule has 1 amide bonds. The molecule has 0 radical (unpaired) electrons. The molecular formula is C27H36N2O6S2. The average Bonchev–Trinajstić information content (AvgIpc) is 3.59. The summed E-state index contributed by atoms with van der Waals surface area (Å²) in [5, 5.41) is 23.8. The number of ether oxygens (including phenoxy) is 1. The van der Waals surface area contributed by atoms with Gasteiger partial charge in [0.1, 0.15) is 6.10 Å². The Morgan fingerprint density at radius 1 is 1.08 bits per heavy atom. The smallest absolute Gasteiger partial charge is 0.349 e. The minimum atomic E-state index is -1.76. The predicted molar refractivity (Wildman–Crippen MR) is 143 cm³/mol. The monoisotopic (exact) mass is 548 g/mol. The fraction of sp³-hybridized carbons (Fsp3) is 0.593. The molecule has 1 spiro atoms. The number of rotatable bonds is 12. The average molecular weight is 549 g/mol. The van der Waals surface area contributed by atoms with Gasteiger partial charge >= 0.3 is 11.9 Å². The minimum absolute atomic E-state index is 0.0928. The summed E-state index contributed by atoms with van der Waals surface area (Å²) >= 11 is 2.69. The highest BCUT2D eigenvalue weighted by atomic mass is 32.1.